The van der Waals surface area contributed by atoms with Gasteiger partial charge in [-0.2, -0.15) is 0 Å². The Balaban J connectivity index is -0.0000000106. The first-order chi connectivity index (χ1) is 6.00. The summed E-state index contributed by atoms with van der Waals surface area (Å²) in [5, 5.41) is 0. The molecule has 0 bridgehead atoms. The van der Waals surface area contributed by atoms with Crippen LogP contribution in [-0.2, 0) is 16.8 Å². The van der Waals surface area contributed by atoms with Crippen LogP contribution >= 0.6 is 0 Å². The molecule has 0 spiro atoms. The van der Waals surface area contributed by atoms with Gasteiger partial charge in [0, 0.05) is 0 Å². The van der Waals surface area contributed by atoms with Gasteiger partial charge in [-0.05, 0) is 0 Å². The summed E-state index contributed by atoms with van der Waals surface area (Å²) < 4.78 is 102. The minimum atomic E-state index is -4.94. The van der Waals surface area contributed by atoms with E-state index >= 15 is 0 Å². The molecule has 0 amide bonds. The SMILES string of the molecule is O.O.O.O.O.O.[Co+3].[O-][Cl+3]([O-])([O-])[O-].[O-][Cl+3]([O-])([O-])[O-].[O-][Cl+3]([O-])([O-])[O-]. The molecule has 0 saturated carbocycles. The Morgan fingerprint density at radius 2 is 0.273 bits per heavy atom. The second-order valence-corrected chi connectivity index (χ2v) is 3.40. The largest absolute Gasteiger partial charge is 3.00 e. The zero-order chi connectivity index (χ0) is 13.5. The normalized spacial score (nSPS) is 8.18. The predicted molar refractivity (Wildman–Crippen MR) is 21.7 cm³/mol. The molecule has 22 heteroatoms. The molecule has 0 aliphatic rings. The van der Waals surface area contributed by atoms with Crippen molar-refractivity contribution in [2.45, 2.75) is 0 Å². The molecule has 0 saturated heterocycles. The smallest absolute Gasteiger partial charge is 0.412 e. The van der Waals surface area contributed by atoms with E-state index in [1.165, 1.54) is 0 Å². The van der Waals surface area contributed by atoms with Crippen molar-refractivity contribution >= 4 is 0 Å². The van der Waals surface area contributed by atoms with Crippen molar-refractivity contribution in [2.75, 3.05) is 0 Å². The van der Waals surface area contributed by atoms with Gasteiger partial charge in [0.05, 0.1) is 0 Å². The van der Waals surface area contributed by atoms with Crippen LogP contribution in [0.2, 0.25) is 0 Å². The molecule has 0 aromatic heterocycles. The average Bonchev–Trinajstić information content (AvgIpc) is 1.41. The molecular weight excluding hydrogens is 453 g/mol. The first kappa shape index (κ1) is 66.3. The van der Waals surface area contributed by atoms with Crippen molar-refractivity contribution < 1.29 is 136 Å². The van der Waals surface area contributed by atoms with Gasteiger partial charge in [0.25, 0.3) is 0 Å². The Morgan fingerprint density at radius 3 is 0.273 bits per heavy atom. The zero-order valence-corrected chi connectivity index (χ0v) is 12.7. The Hall–Kier alpha value is 0.656. The Kier molecular flexibility index (Phi) is 80.0. The van der Waals surface area contributed by atoms with Crippen LogP contribution in [0.3, 0.4) is 0 Å². The Morgan fingerprint density at radius 1 is 0.273 bits per heavy atom. The van der Waals surface area contributed by atoms with Gasteiger partial charge in [-0.25, -0.2) is 55.9 Å². The fourth-order valence-corrected chi connectivity index (χ4v) is 0. The van der Waals surface area contributed by atoms with Gasteiger partial charge in [0.15, 0.2) is 0 Å². The summed E-state index contributed by atoms with van der Waals surface area (Å²) in [6.07, 6.45) is 0. The number of rotatable bonds is 0. The maximum atomic E-state index is 8.49. The van der Waals surface area contributed by atoms with E-state index in [0.717, 1.165) is 0 Å². The van der Waals surface area contributed by atoms with Gasteiger partial charge in [-0.3, -0.25) is 0 Å². The van der Waals surface area contributed by atoms with Crippen LogP contribution in [-0.4, -0.2) is 32.9 Å². The topological polar surface area (TPSA) is 466 Å². The third-order valence-corrected chi connectivity index (χ3v) is 0. The van der Waals surface area contributed by atoms with Gasteiger partial charge in [-0.15, -0.1) is 30.7 Å². The third kappa shape index (κ3) is 18500. The summed E-state index contributed by atoms with van der Waals surface area (Å²) in [7, 11) is -14.8. The van der Waals surface area contributed by atoms with Crippen molar-refractivity contribution in [1.29, 1.82) is 0 Å². The number of hydrogen-bond acceptors (Lipinski definition) is 12. The van der Waals surface area contributed by atoms with E-state index in [1.807, 2.05) is 0 Å². The molecule has 0 aromatic rings. The summed E-state index contributed by atoms with van der Waals surface area (Å²) in [6.45, 7) is 0. The van der Waals surface area contributed by atoms with Gasteiger partial charge >= 0.3 is 16.8 Å². The first-order valence-corrected chi connectivity index (χ1v) is 5.55. The van der Waals surface area contributed by atoms with Crippen LogP contribution in [0, 0.1) is 30.7 Å². The number of hydrogen-bond donors (Lipinski definition) is 0. The van der Waals surface area contributed by atoms with E-state index in [0.29, 0.717) is 0 Å². The van der Waals surface area contributed by atoms with Crippen molar-refractivity contribution in [2.24, 2.45) is 0 Å². The van der Waals surface area contributed by atoms with E-state index in [9.17, 15) is 0 Å². The quantitative estimate of drug-likeness (QED) is 0.321. The third-order valence-electron chi connectivity index (χ3n) is 0. The maximum absolute atomic E-state index is 8.49. The summed E-state index contributed by atoms with van der Waals surface area (Å²) >= 11 is 0. The van der Waals surface area contributed by atoms with Crippen LogP contribution in [0.4, 0.5) is 0 Å². The first-order valence-electron chi connectivity index (χ1n) is 1.85. The molecule has 0 aliphatic heterocycles. The fraction of sp³-hybridized carbons (Fsp3) is 0. The molecule has 0 aliphatic carbocycles. The standard InChI is InChI=1S/3ClHO4.Co.6H2O/c3*2-1(3,4)5;;;;;;;/h3*(H,2,3,4,5);;6*1H2/q;;;+3;;;;;;/p-3. The van der Waals surface area contributed by atoms with Crippen LogP contribution in [0.15, 0.2) is 0 Å². The average molecular weight is 465 g/mol. The molecule has 150 valence electrons. The molecule has 22 heavy (non-hydrogen) atoms. The van der Waals surface area contributed by atoms with E-state index in [-0.39, 0.29) is 49.6 Å². The molecule has 0 aromatic carbocycles. The van der Waals surface area contributed by atoms with Gasteiger partial charge in [-0.1, -0.05) is 0 Å². The van der Waals surface area contributed by atoms with Gasteiger partial charge in [0.2, 0.25) is 0 Å². The summed E-state index contributed by atoms with van der Waals surface area (Å²) in [4.78, 5) is 0. The monoisotopic (exact) mass is 464 g/mol. The predicted octanol–water partition coefficient (Wildman–Crippen LogP) is -19.2. The zero-order valence-electron chi connectivity index (χ0n) is 9.37. The van der Waals surface area contributed by atoms with Gasteiger partial charge < -0.3 is 32.9 Å². The summed E-state index contributed by atoms with van der Waals surface area (Å²) in [6, 6.07) is 0. The van der Waals surface area contributed by atoms with Crippen LogP contribution in [0.5, 0.6) is 0 Å². The molecular formula is H12Cl3CoO18. The molecule has 0 radical (unpaired) electrons. The molecule has 18 nitrogen and oxygen atoms in total. The second kappa shape index (κ2) is 26.5. The van der Waals surface area contributed by atoms with Gasteiger partial charge in [0.1, 0.15) is 0 Å². The van der Waals surface area contributed by atoms with Crippen LogP contribution in [0.1, 0.15) is 0 Å². The maximum Gasteiger partial charge on any atom is 3.00 e. The molecule has 0 unspecified atom stereocenters. The minimum Gasteiger partial charge on any atom is -0.412 e. The molecule has 0 atom stereocenters. The van der Waals surface area contributed by atoms with Crippen molar-refractivity contribution in [1.82, 2.24) is 0 Å². The Bertz CT molecular complexity index is 93.4. The number of halogens is 3. The fourth-order valence-electron chi connectivity index (χ4n) is 0. The van der Waals surface area contributed by atoms with Crippen molar-refractivity contribution in [3.05, 3.63) is 0 Å². The van der Waals surface area contributed by atoms with Crippen molar-refractivity contribution in [3.63, 3.8) is 0 Å². The van der Waals surface area contributed by atoms with Crippen LogP contribution < -0.4 is 55.9 Å². The minimum absolute atomic E-state index is 0. The second-order valence-electron chi connectivity index (χ2n) is 1.13. The summed E-state index contributed by atoms with van der Waals surface area (Å²) in [5.74, 6) is 0. The van der Waals surface area contributed by atoms with E-state index in [2.05, 4.69) is 0 Å². The van der Waals surface area contributed by atoms with Crippen molar-refractivity contribution in [3.8, 4) is 0 Å². The molecule has 12 N–H and O–H groups in total. The molecule has 0 fully saturated rings. The van der Waals surface area contributed by atoms with Crippen LogP contribution in [0.25, 0.3) is 0 Å². The van der Waals surface area contributed by atoms with E-state index in [1.54, 1.807) is 0 Å². The Labute approximate surface area is 137 Å². The molecule has 0 heterocycles. The summed E-state index contributed by atoms with van der Waals surface area (Å²) in [5.41, 5.74) is 0. The van der Waals surface area contributed by atoms with E-state index in [4.69, 9.17) is 55.9 Å². The molecule has 0 rings (SSSR count). The van der Waals surface area contributed by atoms with E-state index < -0.39 is 30.7 Å².